The van der Waals surface area contributed by atoms with Crippen molar-refractivity contribution in [2.24, 2.45) is 0 Å². The van der Waals surface area contributed by atoms with Crippen molar-refractivity contribution >= 4 is 11.8 Å². The number of carboxylic acids is 1. The number of carboxylic acid groups (broad SMARTS) is 1. The molecule has 5 heteroatoms. The molecular formula is C14H21N3O2. The molecule has 1 aliphatic rings. The summed E-state index contributed by atoms with van der Waals surface area (Å²) >= 11 is 0. The van der Waals surface area contributed by atoms with Crippen LogP contribution in [0.3, 0.4) is 0 Å². The summed E-state index contributed by atoms with van der Waals surface area (Å²) in [5, 5.41) is 8.97. The SMILES string of the molecule is CC(C)(C)N1CCN(c2cccc(C(=O)O)n2)CC1. The molecule has 0 amide bonds. The lowest BCUT2D eigenvalue weighted by Gasteiger charge is -2.42. The summed E-state index contributed by atoms with van der Waals surface area (Å²) in [6.07, 6.45) is 0. The lowest BCUT2D eigenvalue weighted by atomic mass is 10.1. The fraction of sp³-hybridized carbons (Fsp3) is 0.571. The van der Waals surface area contributed by atoms with E-state index in [4.69, 9.17) is 5.11 Å². The highest BCUT2D eigenvalue weighted by molar-refractivity contribution is 5.85. The standard InChI is InChI=1S/C14H21N3O2/c1-14(2,3)17-9-7-16(8-10-17)12-6-4-5-11(15-12)13(18)19/h4-6H,7-10H2,1-3H3,(H,18,19). The van der Waals surface area contributed by atoms with Gasteiger partial charge in [0, 0.05) is 31.7 Å². The Morgan fingerprint density at radius 3 is 2.37 bits per heavy atom. The molecule has 104 valence electrons. The average Bonchev–Trinajstić information content (AvgIpc) is 2.38. The number of aromatic carboxylic acids is 1. The summed E-state index contributed by atoms with van der Waals surface area (Å²) in [5.74, 6) is -0.219. The van der Waals surface area contributed by atoms with Gasteiger partial charge in [-0.25, -0.2) is 9.78 Å². The molecule has 2 rings (SSSR count). The van der Waals surface area contributed by atoms with Gasteiger partial charge in [0.1, 0.15) is 5.82 Å². The zero-order chi connectivity index (χ0) is 14.0. The Hall–Kier alpha value is -1.62. The van der Waals surface area contributed by atoms with Crippen molar-refractivity contribution in [1.29, 1.82) is 0 Å². The highest BCUT2D eigenvalue weighted by atomic mass is 16.4. The quantitative estimate of drug-likeness (QED) is 0.880. The van der Waals surface area contributed by atoms with Crippen LogP contribution >= 0.6 is 0 Å². The van der Waals surface area contributed by atoms with Crippen molar-refractivity contribution in [3.8, 4) is 0 Å². The Labute approximate surface area is 113 Å². The number of hydrogen-bond acceptors (Lipinski definition) is 4. The first-order chi connectivity index (χ1) is 8.88. The average molecular weight is 263 g/mol. The van der Waals surface area contributed by atoms with Gasteiger partial charge in [0.2, 0.25) is 0 Å². The summed E-state index contributed by atoms with van der Waals surface area (Å²) < 4.78 is 0. The van der Waals surface area contributed by atoms with Crippen LogP contribution in [0.2, 0.25) is 0 Å². The summed E-state index contributed by atoms with van der Waals surface area (Å²) in [4.78, 5) is 19.7. The second kappa shape index (κ2) is 5.17. The zero-order valence-corrected chi connectivity index (χ0v) is 11.8. The molecule has 0 spiro atoms. The highest BCUT2D eigenvalue weighted by Crippen LogP contribution is 2.19. The molecule has 1 aromatic heterocycles. The lowest BCUT2D eigenvalue weighted by molar-refractivity contribution is 0.0690. The zero-order valence-electron chi connectivity index (χ0n) is 11.8. The molecule has 1 fully saturated rings. The fourth-order valence-corrected chi connectivity index (χ4v) is 2.32. The predicted octanol–water partition coefficient (Wildman–Crippen LogP) is 1.70. The Bertz CT molecular complexity index is 460. The number of piperazine rings is 1. The molecule has 0 aromatic carbocycles. The van der Waals surface area contributed by atoms with E-state index in [9.17, 15) is 4.79 Å². The number of nitrogens with zero attached hydrogens (tertiary/aromatic N) is 3. The second-order valence-corrected chi connectivity index (χ2v) is 5.83. The summed E-state index contributed by atoms with van der Waals surface area (Å²) in [5.41, 5.74) is 0.290. The second-order valence-electron chi connectivity index (χ2n) is 5.83. The third kappa shape index (κ3) is 3.23. The molecule has 0 aliphatic carbocycles. The van der Waals surface area contributed by atoms with E-state index in [-0.39, 0.29) is 11.2 Å². The molecule has 1 aromatic rings. The van der Waals surface area contributed by atoms with Crippen LogP contribution in [0.5, 0.6) is 0 Å². The number of anilines is 1. The van der Waals surface area contributed by atoms with Crippen LogP contribution in [0.25, 0.3) is 0 Å². The first-order valence-corrected chi connectivity index (χ1v) is 6.58. The van der Waals surface area contributed by atoms with Crippen molar-refractivity contribution in [2.75, 3.05) is 31.1 Å². The smallest absolute Gasteiger partial charge is 0.354 e. The van der Waals surface area contributed by atoms with E-state index < -0.39 is 5.97 Å². The van der Waals surface area contributed by atoms with E-state index in [0.717, 1.165) is 32.0 Å². The van der Waals surface area contributed by atoms with E-state index >= 15 is 0 Å². The van der Waals surface area contributed by atoms with Gasteiger partial charge in [0.05, 0.1) is 0 Å². The van der Waals surface area contributed by atoms with Crippen LogP contribution in [-0.2, 0) is 0 Å². The van der Waals surface area contributed by atoms with Crippen molar-refractivity contribution in [3.63, 3.8) is 0 Å². The normalized spacial score (nSPS) is 17.5. The molecule has 0 bridgehead atoms. The number of pyridine rings is 1. The minimum absolute atomic E-state index is 0.107. The van der Waals surface area contributed by atoms with E-state index in [1.807, 2.05) is 6.07 Å². The summed E-state index contributed by atoms with van der Waals surface area (Å²) in [6, 6.07) is 5.15. The number of carbonyl (C=O) groups is 1. The molecule has 0 unspecified atom stereocenters. The van der Waals surface area contributed by atoms with E-state index in [1.54, 1.807) is 6.07 Å². The van der Waals surface area contributed by atoms with Gasteiger partial charge in [0.15, 0.2) is 5.69 Å². The van der Waals surface area contributed by atoms with Crippen molar-refractivity contribution in [1.82, 2.24) is 9.88 Å². The highest BCUT2D eigenvalue weighted by Gasteiger charge is 2.26. The van der Waals surface area contributed by atoms with Gasteiger partial charge in [-0.05, 0) is 32.9 Å². The molecule has 0 atom stereocenters. The predicted molar refractivity (Wildman–Crippen MR) is 74.7 cm³/mol. The van der Waals surface area contributed by atoms with Gasteiger partial charge in [-0.3, -0.25) is 4.90 Å². The van der Waals surface area contributed by atoms with Gasteiger partial charge in [-0.2, -0.15) is 0 Å². The van der Waals surface area contributed by atoms with E-state index in [1.165, 1.54) is 6.07 Å². The van der Waals surface area contributed by atoms with Gasteiger partial charge >= 0.3 is 5.97 Å². The summed E-state index contributed by atoms with van der Waals surface area (Å²) in [6.45, 7) is 10.4. The topological polar surface area (TPSA) is 56.7 Å². The first kappa shape index (κ1) is 13.8. The molecule has 5 nitrogen and oxygen atoms in total. The maximum absolute atomic E-state index is 10.9. The number of hydrogen-bond donors (Lipinski definition) is 1. The molecule has 1 N–H and O–H groups in total. The summed E-state index contributed by atoms with van der Waals surface area (Å²) in [7, 11) is 0. The Kier molecular flexibility index (Phi) is 3.75. The van der Waals surface area contributed by atoms with Crippen LogP contribution in [0.15, 0.2) is 18.2 Å². The van der Waals surface area contributed by atoms with Crippen LogP contribution in [0.1, 0.15) is 31.3 Å². The monoisotopic (exact) mass is 263 g/mol. The Morgan fingerprint density at radius 1 is 1.21 bits per heavy atom. The van der Waals surface area contributed by atoms with Gasteiger partial charge in [0.25, 0.3) is 0 Å². The van der Waals surface area contributed by atoms with Crippen LogP contribution in [0, 0.1) is 0 Å². The molecule has 1 aliphatic heterocycles. The van der Waals surface area contributed by atoms with Gasteiger partial charge in [-0.15, -0.1) is 0 Å². The van der Waals surface area contributed by atoms with Crippen molar-refractivity contribution in [3.05, 3.63) is 23.9 Å². The Morgan fingerprint density at radius 2 is 1.84 bits per heavy atom. The molecule has 0 saturated carbocycles. The molecule has 1 saturated heterocycles. The molecule has 19 heavy (non-hydrogen) atoms. The minimum atomic E-state index is -0.977. The van der Waals surface area contributed by atoms with Crippen LogP contribution < -0.4 is 4.90 Å². The largest absolute Gasteiger partial charge is 0.477 e. The van der Waals surface area contributed by atoms with Crippen molar-refractivity contribution < 1.29 is 9.90 Å². The molecule has 0 radical (unpaired) electrons. The maximum Gasteiger partial charge on any atom is 0.354 e. The van der Waals surface area contributed by atoms with Crippen LogP contribution in [0.4, 0.5) is 5.82 Å². The fourth-order valence-electron chi connectivity index (χ4n) is 2.32. The third-order valence-electron chi connectivity index (χ3n) is 3.51. The molecular weight excluding hydrogens is 242 g/mol. The third-order valence-corrected chi connectivity index (χ3v) is 3.51. The lowest BCUT2D eigenvalue weighted by Crippen LogP contribution is -2.53. The number of rotatable bonds is 2. The number of aromatic nitrogens is 1. The van der Waals surface area contributed by atoms with E-state index in [2.05, 4.69) is 35.6 Å². The minimum Gasteiger partial charge on any atom is -0.477 e. The van der Waals surface area contributed by atoms with Gasteiger partial charge in [-0.1, -0.05) is 6.07 Å². The molecule has 2 heterocycles. The van der Waals surface area contributed by atoms with Gasteiger partial charge < -0.3 is 10.0 Å². The first-order valence-electron chi connectivity index (χ1n) is 6.58. The Balaban J connectivity index is 2.05. The van der Waals surface area contributed by atoms with Crippen LogP contribution in [-0.4, -0.2) is 52.7 Å². The van der Waals surface area contributed by atoms with E-state index in [0.29, 0.717) is 0 Å². The maximum atomic E-state index is 10.9. The van der Waals surface area contributed by atoms with Crippen molar-refractivity contribution in [2.45, 2.75) is 26.3 Å².